The Balaban J connectivity index is 1.77. The number of fused-ring (bicyclic) bond motifs is 1. The van der Waals surface area contributed by atoms with E-state index in [4.69, 9.17) is 0 Å². The summed E-state index contributed by atoms with van der Waals surface area (Å²) in [7, 11) is 3.53. The normalized spacial score (nSPS) is 14.8. The number of rotatable bonds is 4. The molecule has 1 aromatic carbocycles. The molecule has 1 atom stereocenters. The fourth-order valence-electron chi connectivity index (χ4n) is 2.41. The first-order valence-corrected chi connectivity index (χ1v) is 8.09. The zero-order valence-electron chi connectivity index (χ0n) is 12.8. The lowest BCUT2D eigenvalue weighted by atomic mass is 10.1. The third kappa shape index (κ3) is 3.38. The van der Waals surface area contributed by atoms with Gasteiger partial charge in [0.1, 0.15) is 6.04 Å². The number of hydrogen-bond donors (Lipinski definition) is 3. The molecule has 1 aromatic heterocycles. The number of benzene rings is 1. The number of amides is 2. The number of nitrogens with one attached hydrogen (secondary N) is 3. The van der Waals surface area contributed by atoms with E-state index in [1.54, 1.807) is 37.2 Å². The van der Waals surface area contributed by atoms with Crippen molar-refractivity contribution >= 4 is 35.0 Å². The SMILES string of the molecule is CNC(C(=O)Nc1ccc2c(c1)NC(=O)CS2)c1cnn(C)c1. The summed E-state index contributed by atoms with van der Waals surface area (Å²) >= 11 is 1.49. The van der Waals surface area contributed by atoms with Crippen molar-refractivity contribution in [3.8, 4) is 0 Å². The number of hydrogen-bond acceptors (Lipinski definition) is 5. The molecular formula is C15H17N5O2S. The summed E-state index contributed by atoms with van der Waals surface area (Å²) in [5.74, 6) is 0.200. The van der Waals surface area contributed by atoms with Crippen molar-refractivity contribution in [2.45, 2.75) is 10.9 Å². The lowest BCUT2D eigenvalue weighted by molar-refractivity contribution is -0.118. The van der Waals surface area contributed by atoms with Crippen LogP contribution < -0.4 is 16.0 Å². The summed E-state index contributed by atoms with van der Waals surface area (Å²) in [5.41, 5.74) is 2.15. The average Bonchev–Trinajstić information content (AvgIpc) is 2.93. The first kappa shape index (κ1) is 15.6. The number of carbonyl (C=O) groups excluding carboxylic acids is 2. The van der Waals surface area contributed by atoms with Crippen molar-refractivity contribution < 1.29 is 9.59 Å². The highest BCUT2D eigenvalue weighted by Crippen LogP contribution is 2.33. The van der Waals surface area contributed by atoms with Gasteiger partial charge in [-0.3, -0.25) is 14.3 Å². The molecule has 2 aromatic rings. The van der Waals surface area contributed by atoms with Gasteiger partial charge in [-0.25, -0.2) is 0 Å². The van der Waals surface area contributed by atoms with Crippen LogP contribution in [0.15, 0.2) is 35.5 Å². The molecule has 120 valence electrons. The monoisotopic (exact) mass is 331 g/mol. The van der Waals surface area contributed by atoms with Crippen molar-refractivity contribution in [2.75, 3.05) is 23.4 Å². The summed E-state index contributed by atoms with van der Waals surface area (Å²) in [5, 5.41) is 12.7. The number of anilines is 2. The van der Waals surface area contributed by atoms with Crippen LogP contribution in [-0.4, -0.2) is 34.4 Å². The van der Waals surface area contributed by atoms with E-state index >= 15 is 0 Å². The second-order valence-electron chi connectivity index (χ2n) is 5.21. The van der Waals surface area contributed by atoms with Crippen LogP contribution in [0.25, 0.3) is 0 Å². The third-order valence-corrected chi connectivity index (χ3v) is 4.56. The van der Waals surface area contributed by atoms with E-state index in [9.17, 15) is 9.59 Å². The van der Waals surface area contributed by atoms with Gasteiger partial charge in [0.05, 0.1) is 17.6 Å². The van der Waals surface area contributed by atoms with Crippen molar-refractivity contribution in [2.24, 2.45) is 7.05 Å². The fraction of sp³-hybridized carbons (Fsp3) is 0.267. The topological polar surface area (TPSA) is 88.1 Å². The maximum absolute atomic E-state index is 12.5. The summed E-state index contributed by atoms with van der Waals surface area (Å²) in [6.07, 6.45) is 3.45. The number of thioether (sulfide) groups is 1. The molecule has 3 N–H and O–H groups in total. The van der Waals surface area contributed by atoms with Gasteiger partial charge in [-0.15, -0.1) is 11.8 Å². The van der Waals surface area contributed by atoms with Gasteiger partial charge >= 0.3 is 0 Å². The zero-order valence-corrected chi connectivity index (χ0v) is 13.6. The summed E-state index contributed by atoms with van der Waals surface area (Å²) < 4.78 is 1.65. The van der Waals surface area contributed by atoms with Crippen molar-refractivity contribution in [3.05, 3.63) is 36.2 Å². The first-order valence-electron chi connectivity index (χ1n) is 7.10. The van der Waals surface area contributed by atoms with Crippen molar-refractivity contribution in [3.63, 3.8) is 0 Å². The number of carbonyl (C=O) groups is 2. The van der Waals surface area contributed by atoms with E-state index in [2.05, 4.69) is 21.0 Å². The fourth-order valence-corrected chi connectivity index (χ4v) is 3.20. The summed E-state index contributed by atoms with van der Waals surface area (Å²) in [4.78, 5) is 24.9. The van der Waals surface area contributed by atoms with Gasteiger partial charge in [-0.05, 0) is 25.2 Å². The molecule has 7 nitrogen and oxygen atoms in total. The van der Waals surface area contributed by atoms with Gasteiger partial charge in [0, 0.05) is 29.4 Å². The Morgan fingerprint density at radius 3 is 3.00 bits per heavy atom. The standard InChI is InChI=1S/C15H17N5O2S/c1-16-14(9-6-17-20(2)7-9)15(22)18-10-3-4-12-11(5-10)19-13(21)8-23-12/h3-7,14,16H,8H2,1-2H3,(H,18,22)(H,19,21). The van der Waals surface area contributed by atoms with Crippen LogP contribution in [-0.2, 0) is 16.6 Å². The van der Waals surface area contributed by atoms with E-state index < -0.39 is 6.04 Å². The molecule has 1 aliphatic heterocycles. The average molecular weight is 331 g/mol. The molecule has 3 rings (SSSR count). The molecule has 8 heteroatoms. The molecule has 0 saturated carbocycles. The molecule has 0 saturated heterocycles. The van der Waals surface area contributed by atoms with Crippen LogP contribution >= 0.6 is 11.8 Å². The van der Waals surface area contributed by atoms with E-state index in [-0.39, 0.29) is 11.8 Å². The molecule has 0 radical (unpaired) electrons. The van der Waals surface area contributed by atoms with Crippen LogP contribution in [0.4, 0.5) is 11.4 Å². The van der Waals surface area contributed by atoms with Crippen molar-refractivity contribution in [1.82, 2.24) is 15.1 Å². The third-order valence-electron chi connectivity index (χ3n) is 3.49. The predicted molar refractivity (Wildman–Crippen MR) is 89.4 cm³/mol. The molecular weight excluding hydrogens is 314 g/mol. The Bertz CT molecular complexity index is 758. The minimum absolute atomic E-state index is 0.0329. The smallest absolute Gasteiger partial charge is 0.246 e. The molecule has 1 aliphatic rings. The Morgan fingerprint density at radius 1 is 1.48 bits per heavy atom. The molecule has 2 amide bonds. The zero-order chi connectivity index (χ0) is 16.4. The second-order valence-corrected chi connectivity index (χ2v) is 6.22. The van der Waals surface area contributed by atoms with Crippen LogP contribution in [0.5, 0.6) is 0 Å². The first-order chi connectivity index (χ1) is 11.1. The van der Waals surface area contributed by atoms with E-state index in [0.29, 0.717) is 11.4 Å². The van der Waals surface area contributed by atoms with Crippen LogP contribution in [0.3, 0.4) is 0 Å². The van der Waals surface area contributed by atoms with Crippen LogP contribution in [0.1, 0.15) is 11.6 Å². The molecule has 2 heterocycles. The number of nitrogens with zero attached hydrogens (tertiary/aromatic N) is 2. The summed E-state index contributed by atoms with van der Waals surface area (Å²) in [6, 6.07) is 5.00. The maximum atomic E-state index is 12.5. The van der Waals surface area contributed by atoms with Gasteiger partial charge < -0.3 is 16.0 Å². The van der Waals surface area contributed by atoms with Gasteiger partial charge in [-0.1, -0.05) is 0 Å². The Kier molecular flexibility index (Phi) is 4.35. The van der Waals surface area contributed by atoms with E-state index in [1.807, 2.05) is 12.1 Å². The maximum Gasteiger partial charge on any atom is 0.246 e. The highest BCUT2D eigenvalue weighted by atomic mass is 32.2. The largest absolute Gasteiger partial charge is 0.324 e. The van der Waals surface area contributed by atoms with Crippen LogP contribution in [0.2, 0.25) is 0 Å². The molecule has 0 bridgehead atoms. The quantitative estimate of drug-likeness (QED) is 0.787. The molecule has 0 fully saturated rings. The second kappa shape index (κ2) is 6.43. The lowest BCUT2D eigenvalue weighted by Gasteiger charge is -2.19. The summed E-state index contributed by atoms with van der Waals surface area (Å²) in [6.45, 7) is 0. The van der Waals surface area contributed by atoms with Gasteiger partial charge in [-0.2, -0.15) is 5.10 Å². The number of aryl methyl sites for hydroxylation is 1. The van der Waals surface area contributed by atoms with Gasteiger partial charge in [0.2, 0.25) is 11.8 Å². The molecule has 0 aliphatic carbocycles. The lowest BCUT2D eigenvalue weighted by Crippen LogP contribution is -2.30. The minimum Gasteiger partial charge on any atom is -0.324 e. The van der Waals surface area contributed by atoms with E-state index in [1.165, 1.54) is 11.8 Å². The Hall–Kier alpha value is -2.32. The van der Waals surface area contributed by atoms with Crippen molar-refractivity contribution in [1.29, 1.82) is 0 Å². The Morgan fingerprint density at radius 2 is 2.30 bits per heavy atom. The van der Waals surface area contributed by atoms with E-state index in [0.717, 1.165) is 16.1 Å². The minimum atomic E-state index is -0.497. The molecule has 0 spiro atoms. The highest BCUT2D eigenvalue weighted by molar-refractivity contribution is 8.00. The molecule has 1 unspecified atom stereocenters. The Labute approximate surface area is 137 Å². The van der Waals surface area contributed by atoms with Crippen LogP contribution in [0, 0.1) is 0 Å². The van der Waals surface area contributed by atoms with Gasteiger partial charge in [0.15, 0.2) is 0 Å². The number of aromatic nitrogens is 2. The highest BCUT2D eigenvalue weighted by Gasteiger charge is 2.21. The number of likely N-dealkylation sites (N-methyl/N-ethyl adjacent to an activating group) is 1. The predicted octanol–water partition coefficient (Wildman–Crippen LogP) is 1.36. The van der Waals surface area contributed by atoms with Gasteiger partial charge in [0.25, 0.3) is 0 Å². The molecule has 23 heavy (non-hydrogen) atoms.